The Morgan fingerprint density at radius 1 is 1.38 bits per heavy atom. The zero-order valence-corrected chi connectivity index (χ0v) is 7.40. The van der Waals surface area contributed by atoms with Crippen molar-refractivity contribution in [3.8, 4) is 0 Å². The predicted molar refractivity (Wildman–Crippen MR) is 48.3 cm³/mol. The molecule has 66 valence electrons. The van der Waals surface area contributed by atoms with Crippen LogP contribution in [0.15, 0.2) is 35.2 Å². The molecule has 0 N–H and O–H groups in total. The summed E-state index contributed by atoms with van der Waals surface area (Å²) in [6.07, 6.45) is 5.88. The Morgan fingerprint density at radius 3 is 3.00 bits per heavy atom. The molecule has 0 aliphatic carbocycles. The number of hydrogen-bond acceptors (Lipinski definition) is 3. The molecular formula is C10H10N2O. The molecule has 2 heterocycles. The van der Waals surface area contributed by atoms with E-state index in [9.17, 15) is 0 Å². The molecule has 0 unspecified atom stereocenters. The maximum Gasteiger partial charge on any atom is 0.109 e. The van der Waals surface area contributed by atoms with E-state index in [4.69, 9.17) is 4.42 Å². The Kier molecular flexibility index (Phi) is 2.08. The van der Waals surface area contributed by atoms with Crippen LogP contribution in [-0.4, -0.2) is 9.97 Å². The minimum absolute atomic E-state index is 0.710. The normalized spacial score (nSPS) is 10.2. The van der Waals surface area contributed by atoms with Crippen LogP contribution in [0.2, 0.25) is 0 Å². The fraction of sp³-hybridized carbons (Fsp3) is 0.200. The van der Waals surface area contributed by atoms with Crippen LogP contribution >= 0.6 is 0 Å². The summed E-state index contributed by atoms with van der Waals surface area (Å²) < 4.78 is 5.21. The van der Waals surface area contributed by atoms with Crippen LogP contribution in [0.4, 0.5) is 0 Å². The zero-order chi connectivity index (χ0) is 9.10. The van der Waals surface area contributed by atoms with Gasteiger partial charge in [0.05, 0.1) is 17.7 Å². The molecule has 0 bridgehead atoms. The lowest BCUT2D eigenvalue weighted by atomic mass is 10.2. The van der Waals surface area contributed by atoms with Crippen LogP contribution in [0.3, 0.4) is 0 Å². The summed E-state index contributed by atoms with van der Waals surface area (Å²) in [6.45, 7) is 1.93. The topological polar surface area (TPSA) is 38.9 Å². The van der Waals surface area contributed by atoms with Crippen LogP contribution in [0, 0.1) is 6.92 Å². The smallest absolute Gasteiger partial charge is 0.109 e. The first-order valence-electron chi connectivity index (χ1n) is 4.14. The van der Waals surface area contributed by atoms with Gasteiger partial charge in [-0.25, -0.2) is 0 Å². The van der Waals surface area contributed by atoms with Crippen molar-refractivity contribution in [2.75, 3.05) is 0 Å². The van der Waals surface area contributed by atoms with Crippen molar-refractivity contribution in [1.82, 2.24) is 9.97 Å². The number of hydrogen-bond donors (Lipinski definition) is 0. The van der Waals surface area contributed by atoms with Crippen LogP contribution in [0.5, 0.6) is 0 Å². The summed E-state index contributed by atoms with van der Waals surface area (Å²) in [5.74, 6) is 0.917. The van der Waals surface area contributed by atoms with Gasteiger partial charge in [-0.15, -0.1) is 0 Å². The van der Waals surface area contributed by atoms with E-state index in [-0.39, 0.29) is 0 Å². The molecule has 13 heavy (non-hydrogen) atoms. The quantitative estimate of drug-likeness (QED) is 0.698. The average Bonchev–Trinajstić information content (AvgIpc) is 2.57. The van der Waals surface area contributed by atoms with Crippen LogP contribution in [0.1, 0.15) is 17.1 Å². The maximum atomic E-state index is 5.21. The summed E-state index contributed by atoms with van der Waals surface area (Å²) in [7, 11) is 0. The second-order valence-electron chi connectivity index (χ2n) is 2.91. The molecule has 0 aromatic carbocycles. The largest absolute Gasteiger partial charge is 0.469 e. The van der Waals surface area contributed by atoms with Gasteiger partial charge in [-0.05, 0) is 19.1 Å². The SMILES string of the molecule is Cc1cncc(Cc2ccco2)n1. The first-order valence-corrected chi connectivity index (χ1v) is 4.14. The van der Waals surface area contributed by atoms with Gasteiger partial charge >= 0.3 is 0 Å². The van der Waals surface area contributed by atoms with Gasteiger partial charge in [0, 0.05) is 18.8 Å². The van der Waals surface area contributed by atoms with Gasteiger partial charge in [0.15, 0.2) is 0 Å². The van der Waals surface area contributed by atoms with E-state index in [2.05, 4.69) is 9.97 Å². The highest BCUT2D eigenvalue weighted by molar-refractivity contribution is 5.11. The maximum absolute atomic E-state index is 5.21. The van der Waals surface area contributed by atoms with Gasteiger partial charge in [-0.1, -0.05) is 0 Å². The number of rotatable bonds is 2. The fourth-order valence-electron chi connectivity index (χ4n) is 1.19. The summed E-state index contributed by atoms with van der Waals surface area (Å²) in [5, 5.41) is 0. The standard InChI is InChI=1S/C10H10N2O/c1-8-6-11-7-9(12-8)5-10-3-2-4-13-10/h2-4,6-7H,5H2,1H3. The third-order valence-electron chi connectivity index (χ3n) is 1.74. The molecule has 2 aromatic heterocycles. The molecule has 3 nitrogen and oxygen atoms in total. The molecule has 0 saturated heterocycles. The van der Waals surface area contributed by atoms with Crippen molar-refractivity contribution in [3.63, 3.8) is 0 Å². The Morgan fingerprint density at radius 2 is 2.31 bits per heavy atom. The fourth-order valence-corrected chi connectivity index (χ4v) is 1.19. The molecule has 2 rings (SSSR count). The van der Waals surface area contributed by atoms with E-state index in [1.54, 1.807) is 18.7 Å². The van der Waals surface area contributed by atoms with Crippen molar-refractivity contribution in [1.29, 1.82) is 0 Å². The van der Waals surface area contributed by atoms with Gasteiger partial charge < -0.3 is 4.42 Å². The van der Waals surface area contributed by atoms with Crippen LogP contribution < -0.4 is 0 Å². The number of aromatic nitrogens is 2. The van der Waals surface area contributed by atoms with E-state index >= 15 is 0 Å². The van der Waals surface area contributed by atoms with E-state index < -0.39 is 0 Å². The monoisotopic (exact) mass is 174 g/mol. The summed E-state index contributed by atoms with van der Waals surface area (Å²) in [5.41, 5.74) is 1.87. The van der Waals surface area contributed by atoms with Gasteiger partial charge in [-0.2, -0.15) is 0 Å². The molecule has 0 aliphatic rings. The van der Waals surface area contributed by atoms with Gasteiger partial charge in [0.25, 0.3) is 0 Å². The molecule has 3 heteroatoms. The molecule has 0 spiro atoms. The molecule has 2 aromatic rings. The Balaban J connectivity index is 2.19. The van der Waals surface area contributed by atoms with Crippen molar-refractivity contribution in [2.45, 2.75) is 13.3 Å². The lowest BCUT2D eigenvalue weighted by molar-refractivity contribution is 0.518. The van der Waals surface area contributed by atoms with Crippen molar-refractivity contribution < 1.29 is 4.42 Å². The third kappa shape index (κ3) is 1.93. The van der Waals surface area contributed by atoms with E-state index in [0.29, 0.717) is 6.42 Å². The molecule has 0 fully saturated rings. The highest BCUT2D eigenvalue weighted by Gasteiger charge is 1.99. The molecule has 0 amide bonds. The summed E-state index contributed by atoms with van der Waals surface area (Å²) >= 11 is 0. The Labute approximate surface area is 76.5 Å². The van der Waals surface area contributed by atoms with Crippen LogP contribution in [-0.2, 0) is 6.42 Å². The predicted octanol–water partition coefficient (Wildman–Crippen LogP) is 1.97. The molecule has 0 aliphatic heterocycles. The molecule has 0 saturated carbocycles. The highest BCUT2D eigenvalue weighted by atomic mass is 16.3. The molecule has 0 atom stereocenters. The Bertz CT molecular complexity index is 382. The lowest BCUT2D eigenvalue weighted by Crippen LogP contribution is -1.93. The summed E-state index contributed by atoms with van der Waals surface area (Å²) in [6, 6.07) is 3.81. The highest BCUT2D eigenvalue weighted by Crippen LogP contribution is 2.06. The van der Waals surface area contributed by atoms with Crippen molar-refractivity contribution in [3.05, 3.63) is 47.9 Å². The zero-order valence-electron chi connectivity index (χ0n) is 7.40. The first kappa shape index (κ1) is 7.98. The van der Waals surface area contributed by atoms with E-state index in [1.165, 1.54) is 0 Å². The van der Waals surface area contributed by atoms with E-state index in [0.717, 1.165) is 17.1 Å². The van der Waals surface area contributed by atoms with Gasteiger partial charge in [0.1, 0.15) is 5.76 Å². The molecular weight excluding hydrogens is 164 g/mol. The molecule has 0 radical (unpaired) electrons. The number of furan rings is 1. The van der Waals surface area contributed by atoms with E-state index in [1.807, 2.05) is 19.1 Å². The van der Waals surface area contributed by atoms with Gasteiger partial charge in [0.2, 0.25) is 0 Å². The van der Waals surface area contributed by atoms with Crippen molar-refractivity contribution in [2.24, 2.45) is 0 Å². The second-order valence-corrected chi connectivity index (χ2v) is 2.91. The van der Waals surface area contributed by atoms with Crippen LogP contribution in [0.25, 0.3) is 0 Å². The summed E-state index contributed by atoms with van der Waals surface area (Å²) in [4.78, 5) is 8.39. The minimum atomic E-state index is 0.710. The average molecular weight is 174 g/mol. The van der Waals surface area contributed by atoms with Crippen molar-refractivity contribution >= 4 is 0 Å². The number of nitrogens with zero attached hydrogens (tertiary/aromatic N) is 2. The number of aryl methyl sites for hydroxylation is 1. The first-order chi connectivity index (χ1) is 6.34. The Hall–Kier alpha value is -1.64. The van der Waals surface area contributed by atoms with Gasteiger partial charge in [-0.3, -0.25) is 9.97 Å². The third-order valence-corrected chi connectivity index (χ3v) is 1.74. The minimum Gasteiger partial charge on any atom is -0.469 e. The lowest BCUT2D eigenvalue weighted by Gasteiger charge is -1.97. The second kappa shape index (κ2) is 3.39.